The Labute approximate surface area is 200 Å². The Morgan fingerprint density at radius 1 is 0.971 bits per heavy atom. The summed E-state index contributed by atoms with van der Waals surface area (Å²) >= 11 is 0. The van der Waals surface area contributed by atoms with Crippen LogP contribution < -0.4 is 10.6 Å². The van der Waals surface area contributed by atoms with Crippen LogP contribution in [0.5, 0.6) is 0 Å². The van der Waals surface area contributed by atoms with Crippen molar-refractivity contribution >= 4 is 67.8 Å². The van der Waals surface area contributed by atoms with Gasteiger partial charge in [-0.2, -0.15) is 0 Å². The highest BCUT2D eigenvalue weighted by atomic mass is 35.5. The summed E-state index contributed by atoms with van der Waals surface area (Å²) in [4.78, 5) is 29.7. The van der Waals surface area contributed by atoms with Gasteiger partial charge >= 0.3 is 0 Å². The summed E-state index contributed by atoms with van der Waals surface area (Å²) in [5.74, 6) is -0.659. The number of carbonyl (C=O) groups is 2. The van der Waals surface area contributed by atoms with Gasteiger partial charge in [-0.15, -0.1) is 12.4 Å². The smallest absolute Gasteiger partial charge is 0.259 e. The first kappa shape index (κ1) is 21.2. The molecule has 172 valence electrons. The summed E-state index contributed by atoms with van der Waals surface area (Å²) in [6.07, 6.45) is 1.48. The third-order valence-corrected chi connectivity index (χ3v) is 7.15. The van der Waals surface area contributed by atoms with Crippen molar-refractivity contribution in [2.24, 2.45) is 0 Å². The number of hydrogen-bond acceptors (Lipinski definition) is 4. The van der Waals surface area contributed by atoms with Gasteiger partial charge in [0, 0.05) is 53.3 Å². The molecule has 4 N–H and O–H groups in total. The number of aryl methyl sites for hydroxylation is 1. The van der Waals surface area contributed by atoms with Crippen molar-refractivity contribution in [3.8, 4) is 0 Å². The number of hydrogen-bond donors (Lipinski definition) is 4. The molecular weight excluding hydrogens is 452 g/mol. The fraction of sp³-hybridized carbons (Fsp3) is 0.231. The molecule has 2 aromatic heterocycles. The fourth-order valence-electron chi connectivity index (χ4n) is 5.83. The minimum absolute atomic E-state index is 0. The largest absolute Gasteiger partial charge is 0.396 e. The Kier molecular flexibility index (Phi) is 4.71. The minimum atomic E-state index is -0.335. The number of fused-ring (bicyclic) bond motifs is 10. The zero-order valence-electron chi connectivity index (χ0n) is 18.3. The van der Waals surface area contributed by atoms with Gasteiger partial charge in [-0.1, -0.05) is 30.3 Å². The number of aliphatic hydroxyl groups is 1. The third-order valence-electron chi connectivity index (χ3n) is 7.15. The van der Waals surface area contributed by atoms with Crippen molar-refractivity contribution in [1.29, 1.82) is 0 Å². The van der Waals surface area contributed by atoms with Gasteiger partial charge in [0.05, 0.1) is 27.7 Å². The van der Waals surface area contributed by atoms with Crippen LogP contribution in [0.4, 0.5) is 0 Å². The summed E-state index contributed by atoms with van der Waals surface area (Å²) in [5, 5.41) is 18.9. The Balaban J connectivity index is 0.00000217. The van der Waals surface area contributed by atoms with E-state index in [2.05, 4.69) is 38.4 Å². The highest BCUT2D eigenvalue weighted by molar-refractivity contribution is 6.39. The van der Waals surface area contributed by atoms with Crippen LogP contribution in [0.25, 0.3) is 43.6 Å². The fourth-order valence-corrected chi connectivity index (χ4v) is 5.83. The Bertz CT molecular complexity index is 1680. The van der Waals surface area contributed by atoms with E-state index in [1.165, 1.54) is 5.56 Å². The van der Waals surface area contributed by atoms with E-state index in [9.17, 15) is 14.7 Å². The van der Waals surface area contributed by atoms with Crippen molar-refractivity contribution in [1.82, 2.24) is 20.2 Å². The van der Waals surface area contributed by atoms with E-state index in [0.717, 1.165) is 75.2 Å². The van der Waals surface area contributed by atoms with Crippen LogP contribution in [0.2, 0.25) is 0 Å². The van der Waals surface area contributed by atoms with E-state index >= 15 is 0 Å². The predicted octanol–water partition coefficient (Wildman–Crippen LogP) is 3.76. The normalized spacial score (nSPS) is 15.2. The number of nitrogens with zero attached hydrogens (tertiary/aromatic N) is 1. The lowest BCUT2D eigenvalue weighted by molar-refractivity contribution is 0.0880. The molecule has 2 amide bonds. The zero-order chi connectivity index (χ0) is 22.3. The molecule has 0 bridgehead atoms. The lowest BCUT2D eigenvalue weighted by Crippen LogP contribution is -2.20. The molecule has 0 spiro atoms. The second-order valence-corrected chi connectivity index (χ2v) is 8.98. The topological polar surface area (TPSA) is 99.2 Å². The summed E-state index contributed by atoms with van der Waals surface area (Å²) in [6.45, 7) is 2.52. The lowest BCUT2D eigenvalue weighted by atomic mass is 9.96. The van der Waals surface area contributed by atoms with Crippen LogP contribution >= 0.6 is 12.4 Å². The van der Waals surface area contributed by atoms with Gasteiger partial charge in [-0.05, 0) is 30.0 Å². The first-order valence-electron chi connectivity index (χ1n) is 11.4. The van der Waals surface area contributed by atoms with Crippen molar-refractivity contribution in [3.63, 3.8) is 0 Å². The number of aromatic amines is 1. The molecule has 3 aromatic carbocycles. The van der Waals surface area contributed by atoms with Gasteiger partial charge in [-0.25, -0.2) is 0 Å². The molecule has 5 aromatic rings. The number of rotatable bonds is 3. The first-order valence-corrected chi connectivity index (χ1v) is 11.4. The van der Waals surface area contributed by atoms with E-state index in [0.29, 0.717) is 17.5 Å². The number of para-hydroxylation sites is 1. The lowest BCUT2D eigenvalue weighted by Gasteiger charge is -2.08. The molecule has 2 aliphatic heterocycles. The van der Waals surface area contributed by atoms with Crippen molar-refractivity contribution in [2.75, 3.05) is 13.2 Å². The van der Waals surface area contributed by atoms with E-state index in [-0.39, 0.29) is 30.8 Å². The van der Waals surface area contributed by atoms with Crippen molar-refractivity contribution < 1.29 is 14.7 Å². The van der Waals surface area contributed by atoms with Crippen LogP contribution in [0.15, 0.2) is 36.4 Å². The summed E-state index contributed by atoms with van der Waals surface area (Å²) < 4.78 is 2.31. The number of nitrogens with one attached hydrogen (secondary N) is 3. The standard InChI is InChI=1S/C26H22N4O3.ClH/c31-10-2-3-13-6-7-15-17(11-13)28-22-18(15)20-21(26(33)29-25(20)32)19-16-5-1-4-14-12-27-8-9-30(23(14)16)24(19)22;/h1,4-7,11,27-28,31H,2-3,8-10,12H2,(H,29,32,33);1H. The maximum Gasteiger partial charge on any atom is 0.259 e. The van der Waals surface area contributed by atoms with Crippen LogP contribution in [0.1, 0.15) is 38.3 Å². The molecule has 7 nitrogen and oxygen atoms in total. The molecule has 0 unspecified atom stereocenters. The maximum atomic E-state index is 13.1. The van der Waals surface area contributed by atoms with E-state index in [1.54, 1.807) is 0 Å². The highest BCUT2D eigenvalue weighted by Crippen LogP contribution is 2.44. The molecule has 8 heteroatoms. The monoisotopic (exact) mass is 474 g/mol. The van der Waals surface area contributed by atoms with Crippen LogP contribution in [0, 0.1) is 0 Å². The molecule has 0 atom stereocenters. The van der Waals surface area contributed by atoms with Gasteiger partial charge in [0.15, 0.2) is 0 Å². The molecule has 0 radical (unpaired) electrons. The molecule has 0 saturated heterocycles. The summed E-state index contributed by atoms with van der Waals surface area (Å²) in [6, 6.07) is 12.4. The number of aliphatic hydroxyl groups excluding tert-OH is 1. The minimum Gasteiger partial charge on any atom is -0.396 e. The number of carbonyl (C=O) groups excluding carboxylic acids is 2. The number of aromatic nitrogens is 2. The molecule has 7 rings (SSSR count). The Hall–Kier alpha value is -3.39. The first-order chi connectivity index (χ1) is 16.2. The van der Waals surface area contributed by atoms with Gasteiger partial charge < -0.3 is 20.0 Å². The second kappa shape index (κ2) is 7.56. The zero-order valence-corrected chi connectivity index (χ0v) is 19.1. The molecule has 4 heterocycles. The van der Waals surface area contributed by atoms with Crippen LogP contribution in [-0.2, 0) is 19.5 Å². The van der Waals surface area contributed by atoms with Crippen LogP contribution in [-0.4, -0.2) is 39.6 Å². The second-order valence-electron chi connectivity index (χ2n) is 8.98. The van der Waals surface area contributed by atoms with Gasteiger partial charge in [0.2, 0.25) is 0 Å². The number of halogens is 1. The highest BCUT2D eigenvalue weighted by Gasteiger charge is 2.36. The van der Waals surface area contributed by atoms with Gasteiger partial charge in [0.1, 0.15) is 0 Å². The number of imide groups is 1. The maximum absolute atomic E-state index is 13.1. The van der Waals surface area contributed by atoms with Gasteiger partial charge in [-0.3, -0.25) is 14.9 Å². The quantitative estimate of drug-likeness (QED) is 0.299. The third kappa shape index (κ3) is 2.66. The molecular formula is C26H23ClN4O3. The van der Waals surface area contributed by atoms with E-state index < -0.39 is 0 Å². The number of H-pyrrole nitrogens is 1. The van der Waals surface area contributed by atoms with Crippen molar-refractivity contribution in [2.45, 2.75) is 25.9 Å². The average Bonchev–Trinajstić information content (AvgIpc) is 3.37. The van der Waals surface area contributed by atoms with Crippen molar-refractivity contribution in [3.05, 3.63) is 58.7 Å². The van der Waals surface area contributed by atoms with E-state index in [1.807, 2.05) is 18.2 Å². The Morgan fingerprint density at radius 3 is 2.62 bits per heavy atom. The van der Waals surface area contributed by atoms with Gasteiger partial charge in [0.25, 0.3) is 11.8 Å². The predicted molar refractivity (Wildman–Crippen MR) is 135 cm³/mol. The van der Waals surface area contributed by atoms with Crippen LogP contribution in [0.3, 0.4) is 0 Å². The molecule has 2 aliphatic rings. The average molecular weight is 475 g/mol. The SMILES string of the molecule is Cl.O=C1NC(=O)c2c1c1c3ccc(CCCO)cc3[nH]c1c1c2c2cccc3c2n1CCNC3. The number of benzene rings is 3. The summed E-state index contributed by atoms with van der Waals surface area (Å²) in [7, 11) is 0. The number of amides is 2. The molecule has 0 aliphatic carbocycles. The summed E-state index contributed by atoms with van der Waals surface area (Å²) in [5.41, 5.74) is 7.21. The van der Waals surface area contributed by atoms with E-state index in [4.69, 9.17) is 0 Å². The molecule has 34 heavy (non-hydrogen) atoms. The molecule has 0 fully saturated rings. The molecule has 0 saturated carbocycles. The Morgan fingerprint density at radius 2 is 1.79 bits per heavy atom.